The normalized spacial score (nSPS) is 13.9. The van der Waals surface area contributed by atoms with E-state index in [-0.39, 0.29) is 32.1 Å². The van der Waals surface area contributed by atoms with Gasteiger partial charge < -0.3 is 20.1 Å². The molecule has 312 valence electrons. The van der Waals surface area contributed by atoms with Crippen molar-refractivity contribution in [1.29, 1.82) is 0 Å². The zero-order valence-corrected chi connectivity index (χ0v) is 35.0. The molecule has 0 heterocycles. The molecule has 9 nitrogen and oxygen atoms in total. The number of aliphatic hydroxyl groups excluding tert-OH is 1. The summed E-state index contributed by atoms with van der Waals surface area (Å²) in [6, 6.07) is 0. The van der Waals surface area contributed by atoms with Crippen molar-refractivity contribution in [2.75, 3.05) is 26.4 Å². The molecule has 0 aromatic heterocycles. The second kappa shape index (κ2) is 40.4. The molecular weight excluding hydrogens is 701 g/mol. The van der Waals surface area contributed by atoms with Crippen LogP contribution in [0.5, 0.6) is 0 Å². The number of unbranched alkanes of at least 4 members (excludes halogenated alkanes) is 16. The van der Waals surface area contributed by atoms with Crippen LogP contribution in [-0.4, -0.2) is 54.3 Å². The van der Waals surface area contributed by atoms with E-state index in [0.29, 0.717) is 6.42 Å². The number of amides is 1. The average molecular weight is 780 g/mol. The van der Waals surface area contributed by atoms with Crippen LogP contribution in [0.2, 0.25) is 0 Å². The van der Waals surface area contributed by atoms with E-state index in [1.165, 1.54) is 64.2 Å². The molecule has 0 aliphatic heterocycles. The molecule has 0 aromatic carbocycles. The van der Waals surface area contributed by atoms with E-state index in [2.05, 4.69) is 79.9 Å². The highest BCUT2D eigenvalue weighted by molar-refractivity contribution is 7.47. The van der Waals surface area contributed by atoms with Crippen molar-refractivity contribution in [3.05, 3.63) is 60.8 Å². The van der Waals surface area contributed by atoms with Crippen LogP contribution >= 0.6 is 7.82 Å². The lowest BCUT2D eigenvalue weighted by molar-refractivity contribution is -0.147. The van der Waals surface area contributed by atoms with Gasteiger partial charge in [-0.05, 0) is 83.5 Å². The highest BCUT2D eigenvalue weighted by atomic mass is 31.2. The lowest BCUT2D eigenvalue weighted by Crippen LogP contribution is -2.27. The van der Waals surface area contributed by atoms with Crippen molar-refractivity contribution in [3.63, 3.8) is 0 Å². The second-order valence-electron chi connectivity index (χ2n) is 14.0. The fourth-order valence-corrected chi connectivity index (χ4v) is 6.17. The van der Waals surface area contributed by atoms with Crippen molar-refractivity contribution in [3.8, 4) is 0 Å². The summed E-state index contributed by atoms with van der Waals surface area (Å²) in [7, 11) is -4.43. The second-order valence-corrected chi connectivity index (χ2v) is 15.4. The molecule has 2 atom stereocenters. The predicted molar refractivity (Wildman–Crippen MR) is 224 cm³/mol. The van der Waals surface area contributed by atoms with Gasteiger partial charge in [0, 0.05) is 19.4 Å². The van der Waals surface area contributed by atoms with Crippen LogP contribution in [0.3, 0.4) is 0 Å². The SMILES string of the molecule is CCCCC/C=C\C/C=C\C/C=C\C/C=C\CCCCCC(=O)NCCOP(=O)(O)OCC(O)COC(=O)CCCCCCC/C=C\CCCCCCC. The van der Waals surface area contributed by atoms with Crippen LogP contribution in [0.1, 0.15) is 174 Å². The van der Waals surface area contributed by atoms with Crippen molar-refractivity contribution in [1.82, 2.24) is 5.32 Å². The smallest absolute Gasteiger partial charge is 0.463 e. The zero-order chi connectivity index (χ0) is 39.6. The van der Waals surface area contributed by atoms with Gasteiger partial charge in [0.25, 0.3) is 0 Å². The summed E-state index contributed by atoms with van der Waals surface area (Å²) < 4.78 is 26.8. The van der Waals surface area contributed by atoms with Crippen molar-refractivity contribution in [2.45, 2.75) is 180 Å². The molecular formula is C44H78NO8P. The van der Waals surface area contributed by atoms with Gasteiger partial charge in [0.1, 0.15) is 12.7 Å². The van der Waals surface area contributed by atoms with Gasteiger partial charge in [0.2, 0.25) is 5.91 Å². The van der Waals surface area contributed by atoms with Gasteiger partial charge in [-0.15, -0.1) is 0 Å². The first-order valence-corrected chi connectivity index (χ1v) is 22.8. The van der Waals surface area contributed by atoms with Gasteiger partial charge in [-0.2, -0.15) is 0 Å². The molecule has 0 aliphatic carbocycles. The number of rotatable bonds is 39. The summed E-state index contributed by atoms with van der Waals surface area (Å²) in [4.78, 5) is 33.9. The number of hydrogen-bond acceptors (Lipinski definition) is 7. The Hall–Kier alpha value is -2.29. The number of allylic oxidation sites excluding steroid dienone is 10. The van der Waals surface area contributed by atoms with E-state index in [4.69, 9.17) is 13.8 Å². The van der Waals surface area contributed by atoms with Gasteiger partial charge in [-0.1, -0.05) is 139 Å². The predicted octanol–water partition coefficient (Wildman–Crippen LogP) is 11.7. The molecule has 2 unspecified atom stereocenters. The van der Waals surface area contributed by atoms with E-state index >= 15 is 0 Å². The Morgan fingerprint density at radius 1 is 0.574 bits per heavy atom. The number of aliphatic hydroxyl groups is 1. The Morgan fingerprint density at radius 3 is 1.57 bits per heavy atom. The molecule has 0 fully saturated rings. The Kier molecular flexibility index (Phi) is 38.7. The number of phosphoric acid groups is 1. The Bertz CT molecular complexity index is 1070. The van der Waals surface area contributed by atoms with E-state index in [9.17, 15) is 24.2 Å². The summed E-state index contributed by atoms with van der Waals surface area (Å²) in [5, 5.41) is 12.7. The van der Waals surface area contributed by atoms with Gasteiger partial charge in [0.15, 0.2) is 0 Å². The maximum absolute atomic E-state index is 12.1. The third-order valence-corrected chi connectivity index (χ3v) is 9.65. The van der Waals surface area contributed by atoms with Crippen molar-refractivity contribution < 1.29 is 37.9 Å². The minimum atomic E-state index is -4.43. The summed E-state index contributed by atoms with van der Waals surface area (Å²) in [5.74, 6) is -0.560. The summed E-state index contributed by atoms with van der Waals surface area (Å²) in [6.45, 7) is 3.45. The fourth-order valence-electron chi connectivity index (χ4n) is 5.42. The average Bonchev–Trinajstić information content (AvgIpc) is 3.16. The van der Waals surface area contributed by atoms with Gasteiger partial charge >= 0.3 is 13.8 Å². The largest absolute Gasteiger partial charge is 0.472 e. The first kappa shape index (κ1) is 51.7. The Balaban J connectivity index is 3.69. The molecule has 0 aromatic rings. The van der Waals surface area contributed by atoms with Crippen molar-refractivity contribution in [2.24, 2.45) is 0 Å². The number of phosphoric ester groups is 1. The summed E-state index contributed by atoms with van der Waals surface area (Å²) in [6.07, 6.45) is 47.2. The monoisotopic (exact) mass is 780 g/mol. The number of carbonyl (C=O) groups is 2. The minimum absolute atomic E-state index is 0.0609. The minimum Gasteiger partial charge on any atom is -0.463 e. The Morgan fingerprint density at radius 2 is 1.00 bits per heavy atom. The number of hydrogen-bond donors (Lipinski definition) is 3. The van der Waals surface area contributed by atoms with E-state index < -0.39 is 26.5 Å². The quantitative estimate of drug-likeness (QED) is 0.0243. The molecule has 0 aliphatic rings. The number of nitrogens with one attached hydrogen (secondary N) is 1. The summed E-state index contributed by atoms with van der Waals surface area (Å²) in [5.41, 5.74) is 0. The molecule has 0 rings (SSSR count). The molecule has 1 amide bonds. The number of esters is 1. The molecule has 10 heteroatoms. The van der Waals surface area contributed by atoms with E-state index in [1.54, 1.807) is 0 Å². The molecule has 0 saturated carbocycles. The highest BCUT2D eigenvalue weighted by Gasteiger charge is 2.23. The third kappa shape index (κ3) is 40.9. The summed E-state index contributed by atoms with van der Waals surface area (Å²) >= 11 is 0. The van der Waals surface area contributed by atoms with Crippen LogP contribution in [0, 0.1) is 0 Å². The molecule has 54 heavy (non-hydrogen) atoms. The van der Waals surface area contributed by atoms with Gasteiger partial charge in [0.05, 0.1) is 13.2 Å². The molecule has 0 radical (unpaired) electrons. The molecule has 0 spiro atoms. The third-order valence-electron chi connectivity index (χ3n) is 8.67. The molecule has 0 bridgehead atoms. The first-order chi connectivity index (χ1) is 26.3. The molecule has 0 saturated heterocycles. The van der Waals surface area contributed by atoms with Crippen LogP contribution in [-0.2, 0) is 27.9 Å². The fraction of sp³-hybridized carbons (Fsp3) is 0.727. The molecule has 3 N–H and O–H groups in total. The Labute approximate surface area is 329 Å². The number of ether oxygens (including phenoxy) is 1. The topological polar surface area (TPSA) is 131 Å². The van der Waals surface area contributed by atoms with E-state index in [1.807, 2.05) is 0 Å². The maximum atomic E-state index is 12.1. The van der Waals surface area contributed by atoms with E-state index in [0.717, 1.165) is 83.5 Å². The van der Waals surface area contributed by atoms with Crippen LogP contribution < -0.4 is 5.32 Å². The lowest BCUT2D eigenvalue weighted by Gasteiger charge is -2.15. The maximum Gasteiger partial charge on any atom is 0.472 e. The van der Waals surface area contributed by atoms with Crippen LogP contribution in [0.4, 0.5) is 0 Å². The highest BCUT2D eigenvalue weighted by Crippen LogP contribution is 2.42. The van der Waals surface area contributed by atoms with Gasteiger partial charge in [-0.25, -0.2) is 4.57 Å². The number of carbonyl (C=O) groups excluding carboxylic acids is 2. The first-order valence-electron chi connectivity index (χ1n) is 21.3. The van der Waals surface area contributed by atoms with Crippen LogP contribution in [0.15, 0.2) is 60.8 Å². The van der Waals surface area contributed by atoms with Crippen LogP contribution in [0.25, 0.3) is 0 Å². The van der Waals surface area contributed by atoms with Crippen molar-refractivity contribution >= 4 is 19.7 Å². The lowest BCUT2D eigenvalue weighted by atomic mass is 10.1. The van der Waals surface area contributed by atoms with Gasteiger partial charge in [-0.3, -0.25) is 18.6 Å². The standard InChI is InChI=1S/C44H78NO8P/c1-3-5-7-9-11-13-15-17-19-20-21-22-23-24-26-28-30-32-34-36-43(47)45-38-39-52-54(49,50)53-41-42(46)40-51-44(48)37-35-33-31-29-27-25-18-16-14-12-10-8-6-4-2/h11,13,16-19,21-22,24,26,42,46H,3-10,12,14-15,20,23,25,27-41H2,1-2H3,(H,45,47)(H,49,50)/b13-11-,18-16-,19-17-,22-21-,26-24-. The zero-order valence-electron chi connectivity index (χ0n) is 34.1.